The number of benzene rings is 4. The lowest BCUT2D eigenvalue weighted by atomic mass is 9.96. The molecule has 0 fully saturated rings. The summed E-state index contributed by atoms with van der Waals surface area (Å²) in [7, 11) is 5.85. The zero-order valence-electron chi connectivity index (χ0n) is 21.7. The van der Waals surface area contributed by atoms with Crippen molar-refractivity contribution in [2.24, 2.45) is 0 Å². The molecular formula is C32H26BCl2NO3. The summed E-state index contributed by atoms with van der Waals surface area (Å²) in [5.74, 6) is 2.33. The Bertz CT molecular complexity index is 1560. The molecule has 5 rings (SSSR count). The molecule has 7 heteroatoms. The first-order valence-corrected chi connectivity index (χ1v) is 13.4. The van der Waals surface area contributed by atoms with Gasteiger partial charge in [-0.3, -0.25) is 0 Å². The number of nitrogens with zero attached hydrogens (tertiary/aromatic N) is 1. The standard InChI is InChI=1S/C32H26BCl2NO3/c1-20(2)32-27(31(36-39-32)30-28(34)10-5-11-29(30)35)19-38-25-14-12-22(13-15-25)23-7-3-6-21(16-23)18-37-26-9-4-8-24(33)17-26/h3-17,20H,18-19H2,1-2H3. The Kier molecular flexibility index (Phi) is 8.30. The van der Waals surface area contributed by atoms with Gasteiger partial charge in [0, 0.05) is 11.5 Å². The first kappa shape index (κ1) is 26.9. The van der Waals surface area contributed by atoms with Gasteiger partial charge < -0.3 is 14.0 Å². The number of aromatic nitrogens is 1. The fourth-order valence-corrected chi connectivity index (χ4v) is 4.92. The average molecular weight is 554 g/mol. The maximum absolute atomic E-state index is 6.47. The van der Waals surface area contributed by atoms with Crippen LogP contribution >= 0.6 is 23.2 Å². The fourth-order valence-electron chi connectivity index (χ4n) is 4.35. The molecule has 0 atom stereocenters. The Balaban J connectivity index is 1.30. The van der Waals surface area contributed by atoms with Gasteiger partial charge in [0.2, 0.25) is 0 Å². The maximum atomic E-state index is 6.47. The molecule has 5 aromatic rings. The van der Waals surface area contributed by atoms with Gasteiger partial charge in [-0.1, -0.05) is 96.2 Å². The number of rotatable bonds is 9. The second-order valence-corrected chi connectivity index (χ2v) is 10.3. The number of halogens is 2. The smallest absolute Gasteiger partial charge is 0.146 e. The van der Waals surface area contributed by atoms with Gasteiger partial charge >= 0.3 is 0 Å². The summed E-state index contributed by atoms with van der Waals surface area (Å²) in [6.45, 7) is 4.81. The lowest BCUT2D eigenvalue weighted by Gasteiger charge is -2.12. The molecule has 4 nitrogen and oxygen atoms in total. The van der Waals surface area contributed by atoms with Crippen LogP contribution in [0.25, 0.3) is 22.4 Å². The van der Waals surface area contributed by atoms with E-state index in [9.17, 15) is 0 Å². The molecule has 0 unspecified atom stereocenters. The van der Waals surface area contributed by atoms with Gasteiger partial charge in [-0.25, -0.2) is 0 Å². The number of hydrogen-bond acceptors (Lipinski definition) is 4. The summed E-state index contributed by atoms with van der Waals surface area (Å²) in [5, 5.41) is 5.32. The highest BCUT2D eigenvalue weighted by Crippen LogP contribution is 2.39. The van der Waals surface area contributed by atoms with E-state index in [-0.39, 0.29) is 12.5 Å². The molecule has 4 aromatic carbocycles. The van der Waals surface area contributed by atoms with E-state index in [1.165, 1.54) is 0 Å². The van der Waals surface area contributed by atoms with Crippen LogP contribution in [0.2, 0.25) is 10.0 Å². The third kappa shape index (κ3) is 6.33. The van der Waals surface area contributed by atoms with Crippen LogP contribution in [0.4, 0.5) is 0 Å². The molecule has 0 amide bonds. The highest BCUT2D eigenvalue weighted by Gasteiger charge is 2.23. The molecule has 0 aliphatic heterocycles. The van der Waals surface area contributed by atoms with Crippen LogP contribution in [0.5, 0.6) is 11.5 Å². The Morgan fingerprint density at radius 1 is 0.769 bits per heavy atom. The van der Waals surface area contributed by atoms with Gasteiger partial charge in [-0.2, -0.15) is 0 Å². The topological polar surface area (TPSA) is 44.5 Å². The molecule has 1 heterocycles. The van der Waals surface area contributed by atoms with E-state index < -0.39 is 0 Å². The SMILES string of the molecule is [B]c1cccc(OCc2cccc(-c3ccc(OCc4c(-c5c(Cl)cccc5Cl)noc4C(C)C)cc3)c2)c1. The summed E-state index contributed by atoms with van der Waals surface area (Å²) in [6.07, 6.45) is 0. The van der Waals surface area contributed by atoms with Crippen molar-refractivity contribution in [3.05, 3.63) is 118 Å². The third-order valence-electron chi connectivity index (χ3n) is 6.30. The predicted octanol–water partition coefficient (Wildman–Crippen LogP) is 8.39. The Morgan fingerprint density at radius 2 is 1.46 bits per heavy atom. The van der Waals surface area contributed by atoms with Crippen molar-refractivity contribution in [3.63, 3.8) is 0 Å². The summed E-state index contributed by atoms with van der Waals surface area (Å²) in [4.78, 5) is 0. The van der Waals surface area contributed by atoms with Crippen LogP contribution in [0.3, 0.4) is 0 Å². The van der Waals surface area contributed by atoms with Crippen LogP contribution in [0.1, 0.15) is 36.7 Å². The molecule has 0 saturated carbocycles. The van der Waals surface area contributed by atoms with Crippen LogP contribution in [-0.4, -0.2) is 13.0 Å². The van der Waals surface area contributed by atoms with Crippen molar-refractivity contribution in [3.8, 4) is 33.9 Å². The van der Waals surface area contributed by atoms with Crippen LogP contribution < -0.4 is 14.9 Å². The zero-order valence-corrected chi connectivity index (χ0v) is 23.2. The normalized spacial score (nSPS) is 11.1. The van der Waals surface area contributed by atoms with Gasteiger partial charge in [-0.15, -0.1) is 0 Å². The molecule has 0 N–H and O–H groups in total. The van der Waals surface area contributed by atoms with Crippen molar-refractivity contribution in [2.75, 3.05) is 0 Å². The van der Waals surface area contributed by atoms with E-state index in [2.05, 4.69) is 17.3 Å². The molecule has 0 bridgehead atoms. The van der Waals surface area contributed by atoms with E-state index in [0.717, 1.165) is 39.5 Å². The van der Waals surface area contributed by atoms with E-state index >= 15 is 0 Å². The van der Waals surface area contributed by atoms with Gasteiger partial charge in [0.1, 0.15) is 44.0 Å². The minimum atomic E-state index is 0.115. The molecule has 194 valence electrons. The lowest BCUT2D eigenvalue weighted by Crippen LogP contribution is -2.03. The van der Waals surface area contributed by atoms with Crippen LogP contribution in [-0.2, 0) is 13.2 Å². The van der Waals surface area contributed by atoms with Crippen LogP contribution in [0.15, 0.2) is 95.5 Å². The van der Waals surface area contributed by atoms with Crippen molar-refractivity contribution in [1.82, 2.24) is 5.16 Å². The Morgan fingerprint density at radius 3 is 2.18 bits per heavy atom. The van der Waals surface area contributed by atoms with E-state index in [1.807, 2.05) is 74.5 Å². The minimum Gasteiger partial charge on any atom is -0.489 e. The molecule has 1 aromatic heterocycles. The monoisotopic (exact) mass is 553 g/mol. The van der Waals surface area contributed by atoms with E-state index in [1.54, 1.807) is 18.2 Å². The summed E-state index contributed by atoms with van der Waals surface area (Å²) in [5.41, 5.74) is 5.98. The highest BCUT2D eigenvalue weighted by molar-refractivity contribution is 6.39. The Hall–Kier alpha value is -3.67. The fraction of sp³-hybridized carbons (Fsp3) is 0.156. The molecule has 0 aliphatic rings. The van der Waals surface area contributed by atoms with E-state index in [4.69, 9.17) is 45.0 Å². The maximum Gasteiger partial charge on any atom is 0.146 e. The van der Waals surface area contributed by atoms with E-state index in [0.29, 0.717) is 33.4 Å². The highest BCUT2D eigenvalue weighted by atomic mass is 35.5. The Labute approximate surface area is 239 Å². The van der Waals surface area contributed by atoms with Crippen molar-refractivity contribution >= 4 is 36.5 Å². The molecule has 0 aliphatic carbocycles. The second-order valence-electron chi connectivity index (χ2n) is 9.50. The third-order valence-corrected chi connectivity index (χ3v) is 6.93. The minimum absolute atomic E-state index is 0.115. The number of hydrogen-bond donors (Lipinski definition) is 0. The average Bonchev–Trinajstić information content (AvgIpc) is 3.35. The van der Waals surface area contributed by atoms with Crippen molar-refractivity contribution in [2.45, 2.75) is 33.0 Å². The molecule has 0 saturated heterocycles. The van der Waals surface area contributed by atoms with Gasteiger partial charge in [-0.05, 0) is 59.2 Å². The summed E-state index contributed by atoms with van der Waals surface area (Å²) in [6, 6.07) is 29.1. The molecule has 2 radical (unpaired) electrons. The molecule has 0 spiro atoms. The second kappa shape index (κ2) is 12.0. The molecule has 39 heavy (non-hydrogen) atoms. The van der Waals surface area contributed by atoms with Gasteiger partial charge in [0.15, 0.2) is 0 Å². The van der Waals surface area contributed by atoms with Crippen LogP contribution in [0, 0.1) is 0 Å². The largest absolute Gasteiger partial charge is 0.489 e. The predicted molar refractivity (Wildman–Crippen MR) is 158 cm³/mol. The lowest BCUT2D eigenvalue weighted by molar-refractivity contribution is 0.298. The first-order chi connectivity index (χ1) is 18.9. The first-order valence-electron chi connectivity index (χ1n) is 12.6. The molecular weight excluding hydrogens is 528 g/mol. The van der Waals surface area contributed by atoms with Gasteiger partial charge in [0.25, 0.3) is 0 Å². The quantitative estimate of drug-likeness (QED) is 0.172. The summed E-state index contributed by atoms with van der Waals surface area (Å²) < 4.78 is 17.8. The van der Waals surface area contributed by atoms with Crippen molar-refractivity contribution in [1.29, 1.82) is 0 Å². The number of ether oxygens (including phenoxy) is 2. The zero-order chi connectivity index (χ0) is 27.4. The van der Waals surface area contributed by atoms with Crippen molar-refractivity contribution < 1.29 is 14.0 Å². The summed E-state index contributed by atoms with van der Waals surface area (Å²) >= 11 is 12.9. The van der Waals surface area contributed by atoms with Gasteiger partial charge in [0.05, 0.1) is 15.6 Å².